The van der Waals surface area contributed by atoms with Crippen LogP contribution in [0.4, 0.5) is 0 Å². The molecular formula is C18H30O2. The average Bonchev–Trinajstić information content (AvgIpc) is 2.43. The zero-order valence-electron chi connectivity index (χ0n) is 13.1. The molecule has 0 aliphatic heterocycles. The number of esters is 1. The number of hydrogen-bond donors (Lipinski definition) is 0. The number of carbonyl (C=O) groups excluding carboxylic acids is 1. The van der Waals surface area contributed by atoms with E-state index in [4.69, 9.17) is 4.74 Å². The molecule has 0 bridgehead atoms. The van der Waals surface area contributed by atoms with Gasteiger partial charge in [-0.15, -0.1) is 0 Å². The highest BCUT2D eigenvalue weighted by Crippen LogP contribution is 2.01. The zero-order chi connectivity index (χ0) is 14.9. The van der Waals surface area contributed by atoms with Crippen molar-refractivity contribution in [2.45, 2.75) is 65.2 Å². The average molecular weight is 278 g/mol. The van der Waals surface area contributed by atoms with E-state index in [0.717, 1.165) is 19.3 Å². The molecule has 0 spiro atoms. The van der Waals surface area contributed by atoms with Crippen LogP contribution in [0.2, 0.25) is 0 Å². The summed E-state index contributed by atoms with van der Waals surface area (Å²) in [5.74, 6) is -0.197. The van der Waals surface area contributed by atoms with Crippen LogP contribution in [0, 0.1) is 0 Å². The van der Waals surface area contributed by atoms with Crippen LogP contribution in [0.1, 0.15) is 65.2 Å². The van der Waals surface area contributed by atoms with E-state index in [1.54, 1.807) is 0 Å². The third-order valence-corrected chi connectivity index (χ3v) is 2.84. The van der Waals surface area contributed by atoms with Crippen molar-refractivity contribution in [3.8, 4) is 0 Å². The van der Waals surface area contributed by atoms with Crippen LogP contribution in [0.5, 0.6) is 0 Å². The van der Waals surface area contributed by atoms with Crippen molar-refractivity contribution in [3.63, 3.8) is 0 Å². The minimum absolute atomic E-state index is 0.197. The fraction of sp³-hybridized carbons (Fsp3) is 0.611. The second-order valence-electron chi connectivity index (χ2n) is 4.88. The number of rotatable bonds is 12. The summed E-state index contributed by atoms with van der Waals surface area (Å²) in [7, 11) is 0. The topological polar surface area (TPSA) is 26.3 Å². The first-order chi connectivity index (χ1) is 9.77. The van der Waals surface area contributed by atoms with Crippen LogP contribution in [0.25, 0.3) is 0 Å². The van der Waals surface area contributed by atoms with E-state index in [-0.39, 0.29) is 5.97 Å². The molecule has 0 aromatic heterocycles. The van der Waals surface area contributed by atoms with Gasteiger partial charge in [0.2, 0.25) is 0 Å². The quantitative estimate of drug-likeness (QED) is 0.208. The second-order valence-corrected chi connectivity index (χ2v) is 4.88. The Morgan fingerprint density at radius 3 is 2.00 bits per heavy atom. The third kappa shape index (κ3) is 16.7. The fourth-order valence-corrected chi connectivity index (χ4v) is 1.68. The van der Waals surface area contributed by atoms with Gasteiger partial charge in [0.05, 0.1) is 6.61 Å². The Bertz CT molecular complexity index is 301. The van der Waals surface area contributed by atoms with Crippen LogP contribution in [0.15, 0.2) is 36.5 Å². The summed E-state index contributed by atoms with van der Waals surface area (Å²) < 4.78 is 4.85. The standard InChI is InChI=1S/C18H30O2/c1-3-4-5-6-7-8-9-10-11-12-13-14-15-16-17-20-18(2)19/h6-7,11-14H,3-5,8-10,15-17H2,1-2H3/b7-6-,12-11-,14-13-. The van der Waals surface area contributed by atoms with Gasteiger partial charge in [-0.1, -0.05) is 56.2 Å². The van der Waals surface area contributed by atoms with Gasteiger partial charge in [-0.25, -0.2) is 0 Å². The molecule has 114 valence electrons. The highest BCUT2D eigenvalue weighted by atomic mass is 16.5. The van der Waals surface area contributed by atoms with Crippen molar-refractivity contribution in [1.29, 1.82) is 0 Å². The van der Waals surface area contributed by atoms with Gasteiger partial charge in [-0.05, 0) is 38.5 Å². The van der Waals surface area contributed by atoms with E-state index in [0.29, 0.717) is 6.61 Å². The first kappa shape index (κ1) is 18.7. The monoisotopic (exact) mass is 278 g/mol. The van der Waals surface area contributed by atoms with Gasteiger partial charge in [-0.3, -0.25) is 4.79 Å². The Kier molecular flexibility index (Phi) is 14.7. The smallest absolute Gasteiger partial charge is 0.302 e. The zero-order valence-corrected chi connectivity index (χ0v) is 13.1. The van der Waals surface area contributed by atoms with Crippen molar-refractivity contribution in [2.75, 3.05) is 6.61 Å². The van der Waals surface area contributed by atoms with Crippen molar-refractivity contribution in [1.82, 2.24) is 0 Å². The van der Waals surface area contributed by atoms with E-state index < -0.39 is 0 Å². The van der Waals surface area contributed by atoms with Crippen molar-refractivity contribution >= 4 is 5.97 Å². The van der Waals surface area contributed by atoms with E-state index in [9.17, 15) is 4.79 Å². The molecule has 0 amide bonds. The van der Waals surface area contributed by atoms with Crippen LogP contribution >= 0.6 is 0 Å². The van der Waals surface area contributed by atoms with Gasteiger partial charge >= 0.3 is 5.97 Å². The Morgan fingerprint density at radius 1 is 0.850 bits per heavy atom. The highest BCUT2D eigenvalue weighted by Gasteiger charge is 1.89. The molecule has 0 fully saturated rings. The number of ether oxygens (including phenoxy) is 1. The molecule has 0 aromatic rings. The van der Waals surface area contributed by atoms with E-state index in [1.165, 1.54) is 39.0 Å². The Morgan fingerprint density at radius 2 is 1.40 bits per heavy atom. The largest absolute Gasteiger partial charge is 0.466 e. The minimum atomic E-state index is -0.197. The Labute approximate surface area is 124 Å². The molecule has 0 rings (SSSR count). The molecule has 0 radical (unpaired) electrons. The van der Waals surface area contributed by atoms with Crippen molar-refractivity contribution in [3.05, 3.63) is 36.5 Å². The predicted molar refractivity (Wildman–Crippen MR) is 86.7 cm³/mol. The van der Waals surface area contributed by atoms with Crippen LogP contribution < -0.4 is 0 Å². The van der Waals surface area contributed by atoms with Gasteiger partial charge in [0, 0.05) is 6.92 Å². The third-order valence-electron chi connectivity index (χ3n) is 2.84. The molecule has 0 N–H and O–H groups in total. The predicted octanol–water partition coefficient (Wildman–Crippen LogP) is 5.36. The van der Waals surface area contributed by atoms with E-state index in [1.807, 2.05) is 0 Å². The fourth-order valence-electron chi connectivity index (χ4n) is 1.68. The normalized spacial score (nSPS) is 11.9. The van der Waals surface area contributed by atoms with Gasteiger partial charge < -0.3 is 4.74 Å². The van der Waals surface area contributed by atoms with Gasteiger partial charge in [-0.2, -0.15) is 0 Å². The van der Waals surface area contributed by atoms with E-state index in [2.05, 4.69) is 43.4 Å². The molecule has 0 unspecified atom stereocenters. The summed E-state index contributed by atoms with van der Waals surface area (Å²) >= 11 is 0. The molecular weight excluding hydrogens is 248 g/mol. The summed E-state index contributed by atoms with van der Waals surface area (Å²) in [6.45, 7) is 4.19. The maximum absolute atomic E-state index is 10.5. The van der Waals surface area contributed by atoms with Crippen molar-refractivity contribution in [2.24, 2.45) is 0 Å². The minimum Gasteiger partial charge on any atom is -0.466 e. The lowest BCUT2D eigenvalue weighted by atomic mass is 10.2. The molecule has 20 heavy (non-hydrogen) atoms. The number of unbranched alkanes of at least 4 members (excludes halogenated alkanes) is 5. The summed E-state index contributed by atoms with van der Waals surface area (Å²) in [6.07, 6.45) is 22.3. The maximum Gasteiger partial charge on any atom is 0.302 e. The number of carbonyl (C=O) groups is 1. The maximum atomic E-state index is 10.5. The summed E-state index contributed by atoms with van der Waals surface area (Å²) in [4.78, 5) is 10.5. The molecule has 0 saturated heterocycles. The Balaban J connectivity index is 3.30. The summed E-state index contributed by atoms with van der Waals surface area (Å²) in [5.41, 5.74) is 0. The van der Waals surface area contributed by atoms with Crippen molar-refractivity contribution < 1.29 is 9.53 Å². The molecule has 0 atom stereocenters. The molecule has 2 nitrogen and oxygen atoms in total. The van der Waals surface area contributed by atoms with Crippen LogP contribution in [-0.4, -0.2) is 12.6 Å². The first-order valence-corrected chi connectivity index (χ1v) is 7.87. The van der Waals surface area contributed by atoms with E-state index >= 15 is 0 Å². The van der Waals surface area contributed by atoms with Gasteiger partial charge in [0.25, 0.3) is 0 Å². The molecule has 2 heteroatoms. The lowest BCUT2D eigenvalue weighted by molar-refractivity contribution is -0.141. The molecule has 0 heterocycles. The Hall–Kier alpha value is -1.31. The number of allylic oxidation sites excluding steroid dienone is 6. The lowest BCUT2D eigenvalue weighted by Gasteiger charge is -1.97. The van der Waals surface area contributed by atoms with Gasteiger partial charge in [0.1, 0.15) is 0 Å². The molecule has 0 saturated carbocycles. The molecule has 0 aliphatic rings. The molecule has 0 aliphatic carbocycles. The summed E-state index contributed by atoms with van der Waals surface area (Å²) in [5, 5.41) is 0. The first-order valence-electron chi connectivity index (χ1n) is 7.87. The lowest BCUT2D eigenvalue weighted by Crippen LogP contribution is -1.99. The highest BCUT2D eigenvalue weighted by molar-refractivity contribution is 5.65. The summed E-state index contributed by atoms with van der Waals surface area (Å²) in [6, 6.07) is 0. The van der Waals surface area contributed by atoms with Crippen LogP contribution in [0.3, 0.4) is 0 Å². The van der Waals surface area contributed by atoms with Crippen LogP contribution in [-0.2, 0) is 9.53 Å². The second kappa shape index (κ2) is 15.7. The number of hydrogen-bond acceptors (Lipinski definition) is 2. The SMILES string of the molecule is CCCC/C=C\CCC/C=C\C=C/CCCOC(C)=O. The van der Waals surface area contributed by atoms with Gasteiger partial charge in [0.15, 0.2) is 0 Å². The molecule has 0 aromatic carbocycles.